The summed E-state index contributed by atoms with van der Waals surface area (Å²) in [5.74, 6) is -0.703. The summed E-state index contributed by atoms with van der Waals surface area (Å²) in [5, 5.41) is 0. The van der Waals surface area contributed by atoms with Crippen LogP contribution in [0, 0.1) is 0 Å². The maximum absolute atomic E-state index is 12.7. The highest BCUT2D eigenvalue weighted by Crippen LogP contribution is 2.31. The Morgan fingerprint density at radius 3 is 2.13 bits per heavy atom. The lowest BCUT2D eigenvalue weighted by Crippen LogP contribution is -2.25. The van der Waals surface area contributed by atoms with Gasteiger partial charge in [-0.3, -0.25) is 9.59 Å². The summed E-state index contributed by atoms with van der Waals surface area (Å²) < 4.78 is 10.2. The molecule has 0 heterocycles. The molecule has 124 valence electrons. The number of methoxy groups -OCH3 is 2. The van der Waals surface area contributed by atoms with Gasteiger partial charge in [0.15, 0.2) is 0 Å². The fourth-order valence-electron chi connectivity index (χ4n) is 2.49. The molecule has 23 heavy (non-hydrogen) atoms. The van der Waals surface area contributed by atoms with Crippen molar-refractivity contribution < 1.29 is 19.1 Å². The first kappa shape index (κ1) is 18.7. The van der Waals surface area contributed by atoms with Crippen LogP contribution in [0.5, 0.6) is 0 Å². The molecule has 0 amide bonds. The molecule has 0 saturated heterocycles. The van der Waals surface area contributed by atoms with Crippen molar-refractivity contribution in [2.24, 2.45) is 0 Å². The summed E-state index contributed by atoms with van der Waals surface area (Å²) in [6.45, 7) is 9.21. The SMILES string of the molecule is C=CC/C(C)=C/C/C(=C\C)C1=C(C)C(=O)C(OC)=C(OC)C1=O. The van der Waals surface area contributed by atoms with E-state index in [1.54, 1.807) is 6.92 Å². The number of ketones is 2. The fraction of sp³-hybridized carbons (Fsp3) is 0.368. The fourth-order valence-corrected chi connectivity index (χ4v) is 2.49. The van der Waals surface area contributed by atoms with Crippen LogP contribution < -0.4 is 0 Å². The van der Waals surface area contributed by atoms with Gasteiger partial charge in [0.2, 0.25) is 23.1 Å². The second kappa shape index (κ2) is 8.32. The molecule has 1 aliphatic carbocycles. The molecule has 0 aliphatic heterocycles. The van der Waals surface area contributed by atoms with Gasteiger partial charge in [-0.2, -0.15) is 0 Å². The molecule has 0 saturated carbocycles. The van der Waals surface area contributed by atoms with Gasteiger partial charge in [-0.25, -0.2) is 0 Å². The minimum absolute atomic E-state index is 0.0346. The van der Waals surface area contributed by atoms with Crippen molar-refractivity contribution in [3.05, 3.63) is 58.6 Å². The van der Waals surface area contributed by atoms with E-state index in [0.717, 1.165) is 17.6 Å². The van der Waals surface area contributed by atoms with Gasteiger partial charge < -0.3 is 9.47 Å². The molecule has 0 radical (unpaired) electrons. The lowest BCUT2D eigenvalue weighted by molar-refractivity contribution is -0.121. The smallest absolute Gasteiger partial charge is 0.232 e. The first-order valence-electron chi connectivity index (χ1n) is 7.47. The van der Waals surface area contributed by atoms with E-state index in [4.69, 9.17) is 9.47 Å². The molecule has 0 spiro atoms. The first-order valence-corrected chi connectivity index (χ1v) is 7.47. The van der Waals surface area contributed by atoms with Gasteiger partial charge in [-0.1, -0.05) is 23.8 Å². The van der Waals surface area contributed by atoms with Crippen molar-refractivity contribution in [1.82, 2.24) is 0 Å². The molecule has 0 bridgehead atoms. The molecule has 4 nitrogen and oxygen atoms in total. The van der Waals surface area contributed by atoms with Gasteiger partial charge in [-0.15, -0.1) is 6.58 Å². The highest BCUT2D eigenvalue weighted by atomic mass is 16.5. The number of allylic oxidation sites excluding steroid dienone is 7. The Hall–Kier alpha value is -2.36. The standard InChI is InChI=1S/C19H24O4/c1-7-9-12(3)10-11-14(8-2)15-13(4)16(20)18(22-5)19(23-6)17(15)21/h7-8,10H,1,9,11H2,2-6H3/b12-10+,14-8+. The zero-order valence-corrected chi connectivity index (χ0v) is 14.5. The third-order valence-corrected chi connectivity index (χ3v) is 3.78. The van der Waals surface area contributed by atoms with Gasteiger partial charge >= 0.3 is 0 Å². The molecule has 0 N–H and O–H groups in total. The van der Waals surface area contributed by atoms with Gasteiger partial charge in [0.05, 0.1) is 14.2 Å². The van der Waals surface area contributed by atoms with Gasteiger partial charge in [0, 0.05) is 11.1 Å². The van der Waals surface area contributed by atoms with E-state index in [2.05, 4.69) is 6.58 Å². The molecule has 0 aromatic heterocycles. The zero-order valence-electron chi connectivity index (χ0n) is 14.5. The molecule has 0 atom stereocenters. The summed E-state index contributed by atoms with van der Waals surface area (Å²) in [6.07, 6.45) is 7.08. The van der Waals surface area contributed by atoms with E-state index >= 15 is 0 Å². The number of carbonyl (C=O) groups excluding carboxylic acids is 2. The van der Waals surface area contributed by atoms with Crippen LogP contribution >= 0.6 is 0 Å². The Labute approximate surface area is 137 Å². The van der Waals surface area contributed by atoms with Crippen LogP contribution in [0.2, 0.25) is 0 Å². The third-order valence-electron chi connectivity index (χ3n) is 3.78. The number of hydrogen-bond acceptors (Lipinski definition) is 4. The molecule has 1 rings (SSSR count). The Bertz CT molecular complexity index is 642. The van der Waals surface area contributed by atoms with Crippen LogP contribution in [-0.2, 0) is 19.1 Å². The Balaban J connectivity index is 3.26. The molecule has 0 unspecified atom stereocenters. The van der Waals surface area contributed by atoms with Crippen LogP contribution in [0.3, 0.4) is 0 Å². The van der Waals surface area contributed by atoms with Gasteiger partial charge in [-0.05, 0) is 39.2 Å². The second-order valence-corrected chi connectivity index (χ2v) is 5.29. The highest BCUT2D eigenvalue weighted by molar-refractivity contribution is 6.25. The second-order valence-electron chi connectivity index (χ2n) is 5.29. The molecule has 0 aromatic rings. The van der Waals surface area contributed by atoms with Crippen molar-refractivity contribution >= 4 is 11.6 Å². The van der Waals surface area contributed by atoms with Crippen LogP contribution in [0.25, 0.3) is 0 Å². The van der Waals surface area contributed by atoms with Crippen molar-refractivity contribution in [3.63, 3.8) is 0 Å². The molecule has 4 heteroatoms. The number of Topliss-reactive ketones (excluding diaryl/α,β-unsaturated/α-hetero) is 2. The number of hydrogen-bond donors (Lipinski definition) is 0. The lowest BCUT2D eigenvalue weighted by Gasteiger charge is -2.21. The number of ether oxygens (including phenoxy) is 2. The van der Waals surface area contributed by atoms with Crippen LogP contribution in [0.4, 0.5) is 0 Å². The summed E-state index contributed by atoms with van der Waals surface area (Å²) in [6, 6.07) is 0. The van der Waals surface area contributed by atoms with Crippen molar-refractivity contribution in [3.8, 4) is 0 Å². The van der Waals surface area contributed by atoms with E-state index in [1.165, 1.54) is 14.2 Å². The summed E-state index contributed by atoms with van der Waals surface area (Å²) in [4.78, 5) is 25.1. The maximum atomic E-state index is 12.7. The molecular formula is C19H24O4. The summed E-state index contributed by atoms with van der Waals surface area (Å²) in [7, 11) is 2.72. The summed E-state index contributed by atoms with van der Waals surface area (Å²) >= 11 is 0. The van der Waals surface area contributed by atoms with Crippen molar-refractivity contribution in [1.29, 1.82) is 0 Å². The van der Waals surface area contributed by atoms with Crippen LogP contribution in [-0.4, -0.2) is 25.8 Å². The van der Waals surface area contributed by atoms with E-state index in [-0.39, 0.29) is 23.1 Å². The maximum Gasteiger partial charge on any atom is 0.232 e. The Morgan fingerprint density at radius 1 is 1.09 bits per heavy atom. The number of rotatable bonds is 7. The molecule has 0 aromatic carbocycles. The zero-order chi connectivity index (χ0) is 17.6. The molecular weight excluding hydrogens is 292 g/mol. The number of carbonyl (C=O) groups is 2. The average Bonchev–Trinajstić information content (AvgIpc) is 2.53. The predicted octanol–water partition coefficient (Wildman–Crippen LogP) is 3.82. The van der Waals surface area contributed by atoms with Crippen LogP contribution in [0.15, 0.2) is 58.6 Å². The van der Waals surface area contributed by atoms with E-state index < -0.39 is 0 Å². The van der Waals surface area contributed by atoms with Crippen LogP contribution in [0.1, 0.15) is 33.6 Å². The Morgan fingerprint density at radius 2 is 1.65 bits per heavy atom. The van der Waals surface area contributed by atoms with E-state index in [0.29, 0.717) is 17.6 Å². The Kier molecular flexibility index (Phi) is 6.76. The molecule has 0 fully saturated rings. The normalized spacial score (nSPS) is 16.9. The van der Waals surface area contributed by atoms with Gasteiger partial charge in [0.1, 0.15) is 0 Å². The van der Waals surface area contributed by atoms with Gasteiger partial charge in [0.25, 0.3) is 0 Å². The lowest BCUT2D eigenvalue weighted by atomic mass is 9.86. The first-order chi connectivity index (χ1) is 10.9. The minimum atomic E-state index is -0.315. The largest absolute Gasteiger partial charge is 0.489 e. The van der Waals surface area contributed by atoms with E-state index in [1.807, 2.05) is 32.1 Å². The average molecular weight is 316 g/mol. The highest BCUT2D eigenvalue weighted by Gasteiger charge is 2.35. The topological polar surface area (TPSA) is 52.6 Å². The quantitative estimate of drug-likeness (QED) is 0.529. The summed E-state index contributed by atoms with van der Waals surface area (Å²) in [5.41, 5.74) is 2.74. The van der Waals surface area contributed by atoms with Crippen molar-refractivity contribution in [2.45, 2.75) is 33.6 Å². The minimum Gasteiger partial charge on any atom is -0.489 e. The van der Waals surface area contributed by atoms with E-state index in [9.17, 15) is 9.59 Å². The third kappa shape index (κ3) is 3.89. The van der Waals surface area contributed by atoms with Crippen molar-refractivity contribution in [2.75, 3.05) is 14.2 Å². The predicted molar refractivity (Wildman–Crippen MR) is 90.7 cm³/mol. The monoisotopic (exact) mass is 316 g/mol. The molecule has 1 aliphatic rings.